The number of nitro groups is 1. The summed E-state index contributed by atoms with van der Waals surface area (Å²) >= 11 is 0. The van der Waals surface area contributed by atoms with E-state index in [-0.39, 0.29) is 30.1 Å². The van der Waals surface area contributed by atoms with E-state index in [1.54, 1.807) is 0 Å². The molecule has 1 saturated carbocycles. The predicted octanol–water partition coefficient (Wildman–Crippen LogP) is 1.25. The number of aromatic nitrogens is 2. The highest BCUT2D eigenvalue weighted by Gasteiger charge is 2.22. The molecule has 0 saturated heterocycles. The Kier molecular flexibility index (Phi) is 4.54. The fourth-order valence-electron chi connectivity index (χ4n) is 2.41. The molecule has 1 fully saturated rings. The maximum atomic E-state index is 11.9. The van der Waals surface area contributed by atoms with E-state index in [9.17, 15) is 14.9 Å². The number of nitrogens with zero attached hydrogens (tertiary/aromatic N) is 3. The summed E-state index contributed by atoms with van der Waals surface area (Å²) in [6, 6.07) is 0.212. The summed E-state index contributed by atoms with van der Waals surface area (Å²) in [5, 5.41) is 17.6. The quantitative estimate of drug-likeness (QED) is 0.647. The van der Waals surface area contributed by atoms with Crippen LogP contribution in [0, 0.1) is 10.1 Å². The molecule has 0 atom stereocenters. The molecule has 1 aromatic rings. The molecule has 1 aliphatic carbocycles. The summed E-state index contributed by atoms with van der Waals surface area (Å²) in [5.74, 6) is -0.266. The third-order valence-corrected chi connectivity index (χ3v) is 3.38. The molecular formula is C12H18N4O4. The number of amides is 1. The molecule has 20 heavy (non-hydrogen) atoms. The minimum absolute atomic E-state index is 0.0410. The van der Waals surface area contributed by atoms with Crippen molar-refractivity contribution in [2.24, 2.45) is 0 Å². The van der Waals surface area contributed by atoms with Crippen LogP contribution in [0.1, 0.15) is 32.1 Å². The van der Waals surface area contributed by atoms with Crippen molar-refractivity contribution in [2.45, 2.75) is 44.7 Å². The Morgan fingerprint density at radius 2 is 2.25 bits per heavy atom. The van der Waals surface area contributed by atoms with E-state index in [0.717, 1.165) is 25.7 Å². The first-order valence-electron chi connectivity index (χ1n) is 6.65. The highest BCUT2D eigenvalue weighted by Crippen LogP contribution is 2.23. The molecule has 0 aromatic carbocycles. The Hall–Kier alpha value is -2.12. The van der Waals surface area contributed by atoms with Gasteiger partial charge in [-0.1, -0.05) is 19.3 Å². The van der Waals surface area contributed by atoms with Gasteiger partial charge in [-0.3, -0.25) is 19.6 Å². The lowest BCUT2D eigenvalue weighted by molar-refractivity contribution is -0.385. The highest BCUT2D eigenvalue weighted by atomic mass is 16.6. The lowest BCUT2D eigenvalue weighted by atomic mass is 9.95. The molecule has 8 heteroatoms. The third kappa shape index (κ3) is 3.46. The molecule has 1 heterocycles. The molecular weight excluding hydrogens is 264 g/mol. The van der Waals surface area contributed by atoms with Crippen LogP contribution < -0.4 is 10.1 Å². The Balaban J connectivity index is 1.95. The van der Waals surface area contributed by atoms with Crippen LogP contribution >= 0.6 is 0 Å². The Morgan fingerprint density at radius 1 is 1.55 bits per heavy atom. The number of ether oxygens (including phenoxy) is 1. The van der Waals surface area contributed by atoms with Gasteiger partial charge in [0, 0.05) is 6.04 Å². The van der Waals surface area contributed by atoms with Crippen LogP contribution in [0.5, 0.6) is 5.88 Å². The largest absolute Gasteiger partial charge is 0.475 e. The van der Waals surface area contributed by atoms with Crippen molar-refractivity contribution in [3.63, 3.8) is 0 Å². The number of hydrogen-bond acceptors (Lipinski definition) is 5. The van der Waals surface area contributed by atoms with E-state index in [0.29, 0.717) is 0 Å². The maximum Gasteiger partial charge on any atom is 0.350 e. The van der Waals surface area contributed by atoms with Gasteiger partial charge in [0.1, 0.15) is 12.7 Å². The van der Waals surface area contributed by atoms with Crippen molar-refractivity contribution in [1.29, 1.82) is 0 Å². The predicted molar refractivity (Wildman–Crippen MR) is 70.4 cm³/mol. The van der Waals surface area contributed by atoms with Gasteiger partial charge in [0.05, 0.1) is 12.0 Å². The van der Waals surface area contributed by atoms with E-state index >= 15 is 0 Å². The highest BCUT2D eigenvalue weighted by molar-refractivity contribution is 5.76. The number of methoxy groups -OCH3 is 1. The van der Waals surface area contributed by atoms with Crippen molar-refractivity contribution in [3.8, 4) is 5.88 Å². The van der Waals surface area contributed by atoms with E-state index in [4.69, 9.17) is 4.74 Å². The fourth-order valence-corrected chi connectivity index (χ4v) is 2.41. The zero-order valence-corrected chi connectivity index (χ0v) is 11.4. The molecule has 1 aliphatic rings. The van der Waals surface area contributed by atoms with Crippen LogP contribution in [0.25, 0.3) is 0 Å². The number of carbonyl (C=O) groups is 1. The fraction of sp³-hybridized carbons (Fsp3) is 0.667. The molecule has 8 nitrogen and oxygen atoms in total. The average molecular weight is 282 g/mol. The van der Waals surface area contributed by atoms with Gasteiger partial charge in [0.25, 0.3) is 0 Å². The zero-order valence-electron chi connectivity index (χ0n) is 11.4. The summed E-state index contributed by atoms with van der Waals surface area (Å²) in [7, 11) is 1.31. The normalized spacial score (nSPS) is 15.8. The van der Waals surface area contributed by atoms with Crippen molar-refractivity contribution in [1.82, 2.24) is 15.1 Å². The minimum Gasteiger partial charge on any atom is -0.475 e. The minimum atomic E-state index is -0.582. The van der Waals surface area contributed by atoms with Crippen LogP contribution in [-0.2, 0) is 11.3 Å². The monoisotopic (exact) mass is 282 g/mol. The van der Waals surface area contributed by atoms with Gasteiger partial charge < -0.3 is 10.1 Å². The lowest BCUT2D eigenvalue weighted by Gasteiger charge is -2.22. The summed E-state index contributed by atoms with van der Waals surface area (Å²) in [4.78, 5) is 22.1. The molecule has 0 aliphatic heterocycles. The summed E-state index contributed by atoms with van der Waals surface area (Å²) < 4.78 is 6.04. The van der Waals surface area contributed by atoms with Gasteiger partial charge >= 0.3 is 11.6 Å². The zero-order chi connectivity index (χ0) is 14.5. The Labute approximate surface area is 116 Å². The van der Waals surface area contributed by atoms with Crippen molar-refractivity contribution >= 4 is 11.6 Å². The van der Waals surface area contributed by atoms with Crippen molar-refractivity contribution in [2.75, 3.05) is 7.11 Å². The third-order valence-electron chi connectivity index (χ3n) is 3.38. The van der Waals surface area contributed by atoms with E-state index < -0.39 is 4.92 Å². The number of rotatable bonds is 5. The lowest BCUT2D eigenvalue weighted by Crippen LogP contribution is -2.38. The van der Waals surface area contributed by atoms with Gasteiger partial charge in [-0.2, -0.15) is 0 Å². The van der Waals surface area contributed by atoms with Crippen molar-refractivity contribution < 1.29 is 14.5 Å². The topological polar surface area (TPSA) is 99.3 Å². The SMILES string of the molecule is COc1nn(CC(=O)NC2CCCCC2)cc1[N+](=O)[O-]. The van der Waals surface area contributed by atoms with Crippen LogP contribution in [-0.4, -0.2) is 33.8 Å². The molecule has 2 rings (SSSR count). The standard InChI is InChI=1S/C12H18N4O4/c1-20-12-10(16(18)19)7-15(14-12)8-11(17)13-9-5-3-2-4-6-9/h7,9H,2-6,8H2,1H3,(H,13,17). The molecule has 0 radical (unpaired) electrons. The molecule has 110 valence electrons. The number of nitrogens with one attached hydrogen (secondary N) is 1. The van der Waals surface area contributed by atoms with E-state index in [1.807, 2.05) is 0 Å². The number of hydrogen-bond donors (Lipinski definition) is 1. The van der Waals surface area contributed by atoms with Gasteiger partial charge in [0.15, 0.2) is 0 Å². The second kappa shape index (κ2) is 6.36. The van der Waals surface area contributed by atoms with Gasteiger partial charge in [-0.15, -0.1) is 5.10 Å². The number of carbonyl (C=O) groups excluding carboxylic acids is 1. The van der Waals surface area contributed by atoms with E-state index in [1.165, 1.54) is 24.4 Å². The maximum absolute atomic E-state index is 11.9. The van der Waals surface area contributed by atoms with Gasteiger partial charge in [0.2, 0.25) is 5.91 Å². The smallest absolute Gasteiger partial charge is 0.350 e. The average Bonchev–Trinajstić information content (AvgIpc) is 2.83. The molecule has 1 aromatic heterocycles. The molecule has 0 spiro atoms. The summed E-state index contributed by atoms with van der Waals surface area (Å²) in [5.41, 5.74) is -0.238. The second-order valence-electron chi connectivity index (χ2n) is 4.88. The molecule has 0 bridgehead atoms. The first kappa shape index (κ1) is 14.3. The van der Waals surface area contributed by atoms with E-state index in [2.05, 4.69) is 10.4 Å². The first-order valence-corrected chi connectivity index (χ1v) is 6.65. The van der Waals surface area contributed by atoms with Crippen LogP contribution in [0.3, 0.4) is 0 Å². The summed E-state index contributed by atoms with van der Waals surface area (Å²) in [6.45, 7) is -0.0410. The van der Waals surface area contributed by atoms with Crippen molar-refractivity contribution in [3.05, 3.63) is 16.3 Å². The van der Waals surface area contributed by atoms with Crippen LogP contribution in [0.2, 0.25) is 0 Å². The van der Waals surface area contributed by atoms with Gasteiger partial charge in [-0.25, -0.2) is 0 Å². The second-order valence-corrected chi connectivity index (χ2v) is 4.88. The first-order chi connectivity index (χ1) is 9.60. The molecule has 1 amide bonds. The molecule has 0 unspecified atom stereocenters. The van der Waals surface area contributed by atoms with Gasteiger partial charge in [-0.05, 0) is 12.8 Å². The Morgan fingerprint density at radius 3 is 2.80 bits per heavy atom. The summed E-state index contributed by atoms with van der Waals surface area (Å²) in [6.07, 6.45) is 6.68. The molecule has 1 N–H and O–H groups in total. The van der Waals surface area contributed by atoms with Crippen LogP contribution in [0.4, 0.5) is 5.69 Å². The van der Waals surface area contributed by atoms with Crippen LogP contribution in [0.15, 0.2) is 6.20 Å². The Bertz CT molecular complexity index is 494.